The van der Waals surface area contributed by atoms with E-state index in [-0.39, 0.29) is 86.1 Å². The largest absolute Gasteiger partial charge is 0.505 e. The summed E-state index contributed by atoms with van der Waals surface area (Å²) in [6.07, 6.45) is 2.78. The van der Waals surface area contributed by atoms with Crippen LogP contribution in [-0.4, -0.2) is 39.4 Å². The Morgan fingerprint density at radius 1 is 0.764 bits per heavy atom. The van der Waals surface area contributed by atoms with Gasteiger partial charge in [0.05, 0.1) is 28.6 Å². The van der Waals surface area contributed by atoms with E-state index in [1.807, 2.05) is 19.9 Å². The molecule has 4 N–H and O–H groups in total. The monoisotopic (exact) mass is 800 g/mol. The van der Waals surface area contributed by atoms with E-state index in [4.69, 9.17) is 6.57 Å². The maximum Gasteiger partial charge on any atom is 0.273 e. The van der Waals surface area contributed by atoms with Crippen molar-refractivity contribution >= 4 is 39.8 Å². The first-order valence-corrected chi connectivity index (χ1v) is 16.1. The zero-order valence-electron chi connectivity index (χ0n) is 29.7. The van der Waals surface area contributed by atoms with Crippen molar-refractivity contribution in [1.82, 2.24) is 9.13 Å². The third-order valence-electron chi connectivity index (χ3n) is 7.83. The summed E-state index contributed by atoms with van der Waals surface area (Å²) < 4.78 is 2.12. The summed E-state index contributed by atoms with van der Waals surface area (Å²) in [5.74, 6) is -1.79. The van der Waals surface area contributed by atoms with Crippen molar-refractivity contribution in [3.8, 4) is 29.3 Å². The van der Waals surface area contributed by atoms with Crippen LogP contribution in [0.1, 0.15) is 56.2 Å². The number of azo groups is 2. The molecule has 2 aromatic heterocycles. The van der Waals surface area contributed by atoms with Crippen molar-refractivity contribution in [1.29, 1.82) is 5.26 Å². The molecule has 21 heteroatoms. The van der Waals surface area contributed by atoms with Crippen LogP contribution >= 0.6 is 0 Å². The number of aromatic hydroxyl groups is 4. The molecule has 20 nitrogen and oxygen atoms in total. The zero-order valence-corrected chi connectivity index (χ0v) is 30.7. The molecule has 0 unspecified atom stereocenters. The van der Waals surface area contributed by atoms with Crippen LogP contribution in [0.25, 0.3) is 4.85 Å². The van der Waals surface area contributed by atoms with Crippen LogP contribution in [0.5, 0.6) is 23.3 Å². The topological polar surface area (TPSA) is 289 Å². The van der Waals surface area contributed by atoms with E-state index in [1.54, 1.807) is 0 Å². The molecule has 0 atom stereocenters. The summed E-state index contributed by atoms with van der Waals surface area (Å²) in [5.41, 5.74) is -2.16. The molecule has 0 saturated heterocycles. The first kappa shape index (κ1) is 44.2. The summed E-state index contributed by atoms with van der Waals surface area (Å²) in [6.45, 7) is 14.4. The van der Waals surface area contributed by atoms with Gasteiger partial charge >= 0.3 is 0 Å². The third-order valence-corrected chi connectivity index (χ3v) is 7.83. The number of phenols is 2. The average Bonchev–Trinajstić information content (AvgIpc) is 3.13. The number of hydrogen-bond donors (Lipinski definition) is 4. The molecule has 0 aliphatic heterocycles. The minimum Gasteiger partial charge on any atom is -0.505 e. The van der Waals surface area contributed by atoms with E-state index in [1.165, 1.54) is 26.0 Å². The number of nitro groups is 2. The van der Waals surface area contributed by atoms with Crippen molar-refractivity contribution in [2.24, 2.45) is 20.5 Å². The first-order chi connectivity index (χ1) is 25.6. The number of nitro benzene ring substituents is 2. The van der Waals surface area contributed by atoms with Crippen LogP contribution in [0.2, 0.25) is 0 Å². The molecule has 0 saturated carbocycles. The number of aromatic nitrogens is 2. The van der Waals surface area contributed by atoms with Gasteiger partial charge in [0.25, 0.3) is 28.2 Å². The predicted octanol–water partition coefficient (Wildman–Crippen LogP) is 7.80. The third kappa shape index (κ3) is 10.1. The van der Waals surface area contributed by atoms with Crippen LogP contribution in [0.4, 0.5) is 39.8 Å². The number of benzene rings is 2. The Morgan fingerprint density at radius 2 is 1.18 bits per heavy atom. The Kier molecular flexibility index (Phi) is 15.9. The van der Waals surface area contributed by atoms with E-state index in [9.17, 15) is 55.5 Å². The molecule has 0 bridgehead atoms. The Labute approximate surface area is 322 Å². The SMILES string of the molecule is CCCCn1c(O)c(N=Nc2ccc([N+](=O)[O-])cc2O)c(C)c(C#N)c1=O.[C-]#[N+]c1c(C)c(N=Nc2ccc([N+](=O)[O-])cc2O)c(O)n(CCCC)c1=O.[Ni]. The Hall–Kier alpha value is -6.99. The summed E-state index contributed by atoms with van der Waals surface area (Å²) in [5, 5.41) is 86.5. The fourth-order valence-corrected chi connectivity index (χ4v) is 4.78. The fourth-order valence-electron chi connectivity index (χ4n) is 4.78. The van der Waals surface area contributed by atoms with Gasteiger partial charge in [0.15, 0.2) is 5.69 Å². The minimum absolute atomic E-state index is 0. The molecular weight excluding hydrogens is 767 g/mol. The molecule has 55 heavy (non-hydrogen) atoms. The first-order valence-electron chi connectivity index (χ1n) is 16.1. The van der Waals surface area contributed by atoms with Crippen LogP contribution in [-0.2, 0) is 29.6 Å². The summed E-state index contributed by atoms with van der Waals surface area (Å²) in [4.78, 5) is 48.0. The number of pyridine rings is 2. The molecule has 0 radical (unpaired) electrons. The van der Waals surface area contributed by atoms with Crippen LogP contribution in [0, 0.1) is 52.0 Å². The predicted molar refractivity (Wildman–Crippen MR) is 193 cm³/mol. The smallest absolute Gasteiger partial charge is 0.273 e. The number of phenolic OH excluding ortho intramolecular Hbond substituents is 2. The molecule has 0 spiro atoms. The molecule has 0 fully saturated rings. The maximum atomic E-state index is 12.3. The number of unbranched alkanes of at least 4 members (excludes halogenated alkanes) is 2. The van der Waals surface area contributed by atoms with Crippen molar-refractivity contribution in [2.75, 3.05) is 0 Å². The molecule has 0 aliphatic carbocycles. The normalized spacial score (nSPS) is 10.7. The van der Waals surface area contributed by atoms with Gasteiger partial charge < -0.3 is 20.4 Å². The van der Waals surface area contributed by atoms with Gasteiger partial charge in [0, 0.05) is 47.3 Å². The number of rotatable bonds is 12. The number of nitriles is 1. The van der Waals surface area contributed by atoms with Crippen molar-refractivity contribution in [3.05, 3.63) is 105 Å². The van der Waals surface area contributed by atoms with E-state index in [0.717, 1.165) is 46.2 Å². The summed E-state index contributed by atoms with van der Waals surface area (Å²) >= 11 is 0. The molecule has 0 aliphatic rings. The molecule has 2 heterocycles. The minimum atomic E-state index is -0.667. The van der Waals surface area contributed by atoms with Gasteiger partial charge in [-0.15, -0.1) is 20.5 Å². The van der Waals surface area contributed by atoms with Crippen molar-refractivity contribution in [3.63, 3.8) is 0 Å². The zero-order chi connectivity index (χ0) is 40.3. The molecular formula is C34H34N10NiO10. The van der Waals surface area contributed by atoms with E-state index in [0.29, 0.717) is 12.8 Å². The van der Waals surface area contributed by atoms with Gasteiger partial charge in [0.1, 0.15) is 40.2 Å². The van der Waals surface area contributed by atoms with Gasteiger partial charge in [-0.05, 0) is 44.4 Å². The van der Waals surface area contributed by atoms with Crippen LogP contribution in [0.3, 0.4) is 0 Å². The second kappa shape index (κ2) is 19.7. The van der Waals surface area contributed by atoms with Crippen molar-refractivity contribution in [2.45, 2.75) is 66.5 Å². The molecule has 290 valence electrons. The molecule has 4 rings (SSSR count). The van der Waals surface area contributed by atoms with Crippen molar-refractivity contribution < 1.29 is 46.8 Å². The van der Waals surface area contributed by atoms with E-state index < -0.39 is 44.2 Å². The Bertz CT molecular complexity index is 2210. The van der Waals surface area contributed by atoms with Gasteiger partial charge in [0.2, 0.25) is 11.8 Å². The van der Waals surface area contributed by atoms with Gasteiger partial charge in [-0.25, -0.2) is 4.85 Å². The van der Waals surface area contributed by atoms with Gasteiger partial charge in [-0.3, -0.25) is 39.0 Å². The molecule has 0 amide bonds. The van der Waals surface area contributed by atoms with Gasteiger partial charge in [-0.2, -0.15) is 5.26 Å². The number of non-ortho nitro benzene ring substituents is 2. The number of hydrogen-bond acceptors (Lipinski definition) is 15. The maximum absolute atomic E-state index is 12.3. The second-order valence-electron chi connectivity index (χ2n) is 11.4. The molecule has 4 aromatic rings. The summed E-state index contributed by atoms with van der Waals surface area (Å²) in [6, 6.07) is 8.34. The summed E-state index contributed by atoms with van der Waals surface area (Å²) in [7, 11) is 0. The molecule has 2 aromatic carbocycles. The average molecular weight is 801 g/mol. The fraction of sp³-hybridized carbons (Fsp3) is 0.294. The standard InChI is InChI=1S/2C17H17N5O5.Ni/c1-4-5-8-21-16(24)14(18-3)10(2)15(17(21)25)20-19-12-7-6-11(22(26)27)9-13(12)23;1-3-4-7-21-16(24)12(9-18)10(2)15(17(21)25)20-19-13-6-5-11(22(26)27)8-14(13)23;/h6-7,9,23,25H,4-5,8H2,1-2H3;5-6,8,23,25H,3-4,7H2,1-2H3;. The van der Waals surface area contributed by atoms with E-state index >= 15 is 0 Å². The van der Waals surface area contributed by atoms with Crippen LogP contribution < -0.4 is 11.1 Å². The number of nitrogens with zero attached hydrogens (tertiary/aromatic N) is 10. The van der Waals surface area contributed by atoms with Crippen LogP contribution in [0.15, 0.2) is 66.4 Å². The Balaban J connectivity index is 0.000000373. The van der Waals surface area contributed by atoms with Gasteiger partial charge in [-0.1, -0.05) is 26.7 Å². The van der Waals surface area contributed by atoms with E-state index in [2.05, 4.69) is 25.3 Å². The Morgan fingerprint density at radius 3 is 1.55 bits per heavy atom. The second-order valence-corrected chi connectivity index (χ2v) is 11.4. The quantitative estimate of drug-likeness (QED) is 0.0352.